The van der Waals surface area contributed by atoms with Gasteiger partial charge in [0.25, 0.3) is 0 Å². The minimum absolute atomic E-state index is 0.355. The summed E-state index contributed by atoms with van der Waals surface area (Å²) < 4.78 is 8.39. The third-order valence-electron chi connectivity index (χ3n) is 2.63. The predicted molar refractivity (Wildman–Crippen MR) is 76.6 cm³/mol. The van der Waals surface area contributed by atoms with Crippen molar-refractivity contribution in [1.82, 2.24) is 9.55 Å². The van der Waals surface area contributed by atoms with Crippen LogP contribution in [0.1, 0.15) is 19.9 Å². The van der Waals surface area contributed by atoms with Crippen molar-refractivity contribution in [2.75, 3.05) is 12.4 Å². The molecule has 18 heavy (non-hydrogen) atoms. The number of hydrogen-bond donors (Lipinski definition) is 1. The third-order valence-corrected chi connectivity index (χ3v) is 3.13. The Balaban J connectivity index is 2.33. The van der Waals surface area contributed by atoms with Crippen molar-refractivity contribution in [3.05, 3.63) is 35.1 Å². The Bertz CT molecular complexity index is 537. The molecule has 4 nitrogen and oxygen atoms in total. The van der Waals surface area contributed by atoms with Crippen LogP contribution in [0.5, 0.6) is 5.75 Å². The van der Waals surface area contributed by atoms with Gasteiger partial charge in [-0.15, -0.1) is 0 Å². The molecule has 0 bridgehead atoms. The van der Waals surface area contributed by atoms with E-state index < -0.39 is 0 Å². The quantitative estimate of drug-likeness (QED) is 0.928. The van der Waals surface area contributed by atoms with E-state index in [1.54, 1.807) is 13.3 Å². The van der Waals surface area contributed by atoms with Crippen LogP contribution >= 0.6 is 15.9 Å². The number of methoxy groups -OCH3 is 1. The molecule has 2 aromatic rings. The lowest BCUT2D eigenvalue weighted by molar-refractivity contribution is 0.416. The highest BCUT2D eigenvalue weighted by molar-refractivity contribution is 9.10. The fourth-order valence-electron chi connectivity index (χ4n) is 1.72. The van der Waals surface area contributed by atoms with E-state index in [2.05, 4.69) is 44.6 Å². The molecule has 0 aliphatic heterocycles. The summed E-state index contributed by atoms with van der Waals surface area (Å²) in [6.07, 6.45) is 3.74. The molecular formula is C13H16BrN3O. The Morgan fingerprint density at radius 1 is 1.39 bits per heavy atom. The molecule has 0 aliphatic rings. The van der Waals surface area contributed by atoms with E-state index in [0.717, 1.165) is 21.9 Å². The third kappa shape index (κ3) is 2.67. The van der Waals surface area contributed by atoms with Gasteiger partial charge in [0.2, 0.25) is 5.95 Å². The fraction of sp³-hybridized carbons (Fsp3) is 0.308. The Kier molecular flexibility index (Phi) is 3.91. The number of hydrogen-bond acceptors (Lipinski definition) is 3. The lowest BCUT2D eigenvalue weighted by Gasteiger charge is -2.15. The number of halogens is 1. The number of nitrogens with zero attached hydrogens (tertiary/aromatic N) is 2. The van der Waals surface area contributed by atoms with Gasteiger partial charge >= 0.3 is 0 Å². The summed E-state index contributed by atoms with van der Waals surface area (Å²) >= 11 is 3.45. The van der Waals surface area contributed by atoms with Gasteiger partial charge < -0.3 is 14.6 Å². The van der Waals surface area contributed by atoms with Crippen molar-refractivity contribution in [2.45, 2.75) is 19.9 Å². The maximum absolute atomic E-state index is 5.33. The Hall–Kier alpha value is -1.49. The molecule has 0 radical (unpaired) electrons. The highest BCUT2D eigenvalue weighted by Gasteiger charge is 2.09. The highest BCUT2D eigenvalue weighted by Crippen LogP contribution is 2.30. The summed E-state index contributed by atoms with van der Waals surface area (Å²) in [5, 5.41) is 3.29. The van der Waals surface area contributed by atoms with Crippen molar-refractivity contribution in [1.29, 1.82) is 0 Å². The van der Waals surface area contributed by atoms with E-state index in [1.807, 2.05) is 24.4 Å². The van der Waals surface area contributed by atoms with Gasteiger partial charge in [0.05, 0.1) is 12.8 Å². The molecule has 0 amide bonds. The average molecular weight is 310 g/mol. The zero-order valence-electron chi connectivity index (χ0n) is 10.6. The van der Waals surface area contributed by atoms with E-state index in [4.69, 9.17) is 4.74 Å². The van der Waals surface area contributed by atoms with E-state index in [0.29, 0.717) is 6.04 Å². The van der Waals surface area contributed by atoms with Gasteiger partial charge in [-0.2, -0.15) is 0 Å². The second kappa shape index (κ2) is 5.44. The summed E-state index contributed by atoms with van der Waals surface area (Å²) in [5.74, 6) is 1.60. The highest BCUT2D eigenvalue weighted by atomic mass is 79.9. The number of ether oxygens (including phenoxy) is 1. The number of aromatic nitrogens is 2. The molecule has 0 saturated carbocycles. The second-order valence-corrected chi connectivity index (χ2v) is 5.14. The standard InChI is InChI=1S/C13H16BrN3O/c1-9(2)17-7-6-15-13(17)16-11-8-10(14)4-5-12(11)18-3/h4-9H,1-3H3,(H,15,16). The molecule has 5 heteroatoms. The SMILES string of the molecule is COc1ccc(Br)cc1Nc1nccn1C(C)C. The molecule has 96 valence electrons. The maximum Gasteiger partial charge on any atom is 0.207 e. The minimum Gasteiger partial charge on any atom is -0.495 e. The number of imidazole rings is 1. The van der Waals surface area contributed by atoms with Gasteiger partial charge in [0, 0.05) is 22.9 Å². The normalized spacial score (nSPS) is 10.7. The summed E-state index contributed by atoms with van der Waals surface area (Å²) in [6, 6.07) is 6.18. The number of rotatable bonds is 4. The molecule has 1 heterocycles. The van der Waals surface area contributed by atoms with Crippen LogP contribution < -0.4 is 10.1 Å². The molecule has 0 aliphatic carbocycles. The molecule has 1 N–H and O–H groups in total. The predicted octanol–water partition coefficient (Wildman–Crippen LogP) is 3.98. The summed E-state index contributed by atoms with van der Waals surface area (Å²) in [6.45, 7) is 4.23. The minimum atomic E-state index is 0.355. The zero-order chi connectivity index (χ0) is 13.1. The largest absolute Gasteiger partial charge is 0.495 e. The second-order valence-electron chi connectivity index (χ2n) is 4.22. The van der Waals surface area contributed by atoms with Crippen molar-refractivity contribution in [3.63, 3.8) is 0 Å². The average Bonchev–Trinajstić information content (AvgIpc) is 2.77. The number of nitrogens with one attached hydrogen (secondary N) is 1. The first kappa shape index (κ1) is 13.0. The van der Waals surface area contributed by atoms with Crippen molar-refractivity contribution >= 4 is 27.6 Å². The van der Waals surface area contributed by atoms with Crippen LogP contribution in [0.4, 0.5) is 11.6 Å². The van der Waals surface area contributed by atoms with E-state index in [9.17, 15) is 0 Å². The van der Waals surface area contributed by atoms with Gasteiger partial charge in [-0.05, 0) is 32.0 Å². The van der Waals surface area contributed by atoms with Gasteiger partial charge in [-0.3, -0.25) is 0 Å². The Labute approximate surface area is 115 Å². The number of benzene rings is 1. The molecule has 0 atom stereocenters. The van der Waals surface area contributed by atoms with Crippen molar-refractivity contribution in [3.8, 4) is 5.75 Å². The van der Waals surface area contributed by atoms with Crippen LogP contribution in [0.25, 0.3) is 0 Å². The van der Waals surface area contributed by atoms with Crippen LogP contribution in [-0.2, 0) is 0 Å². The lowest BCUT2D eigenvalue weighted by atomic mass is 10.3. The molecule has 0 unspecified atom stereocenters. The first-order chi connectivity index (χ1) is 8.61. The van der Waals surface area contributed by atoms with Gasteiger partial charge in [0.15, 0.2) is 0 Å². The fourth-order valence-corrected chi connectivity index (χ4v) is 2.09. The molecule has 0 spiro atoms. The Morgan fingerprint density at radius 3 is 2.83 bits per heavy atom. The van der Waals surface area contributed by atoms with Crippen molar-refractivity contribution in [2.24, 2.45) is 0 Å². The van der Waals surface area contributed by atoms with Gasteiger partial charge in [0.1, 0.15) is 5.75 Å². The monoisotopic (exact) mass is 309 g/mol. The Morgan fingerprint density at radius 2 is 2.17 bits per heavy atom. The van der Waals surface area contributed by atoms with Gasteiger partial charge in [-0.25, -0.2) is 4.98 Å². The van der Waals surface area contributed by atoms with Crippen LogP contribution in [-0.4, -0.2) is 16.7 Å². The molecule has 1 aromatic heterocycles. The molecule has 0 fully saturated rings. The van der Waals surface area contributed by atoms with Crippen LogP contribution in [0.3, 0.4) is 0 Å². The van der Waals surface area contributed by atoms with Gasteiger partial charge in [-0.1, -0.05) is 15.9 Å². The first-order valence-corrected chi connectivity index (χ1v) is 6.54. The van der Waals surface area contributed by atoms with E-state index in [-0.39, 0.29) is 0 Å². The van der Waals surface area contributed by atoms with Crippen molar-refractivity contribution < 1.29 is 4.74 Å². The summed E-state index contributed by atoms with van der Waals surface area (Å²) in [4.78, 5) is 4.32. The van der Waals surface area contributed by atoms with Crippen LogP contribution in [0, 0.1) is 0 Å². The topological polar surface area (TPSA) is 39.1 Å². The summed E-state index contributed by atoms with van der Waals surface area (Å²) in [5.41, 5.74) is 0.889. The zero-order valence-corrected chi connectivity index (χ0v) is 12.2. The molecule has 0 saturated heterocycles. The maximum atomic E-state index is 5.33. The number of anilines is 2. The van der Waals surface area contributed by atoms with E-state index in [1.165, 1.54) is 0 Å². The summed E-state index contributed by atoms with van der Waals surface area (Å²) in [7, 11) is 1.66. The molecule has 2 rings (SSSR count). The first-order valence-electron chi connectivity index (χ1n) is 5.75. The molecule has 1 aromatic carbocycles. The lowest BCUT2D eigenvalue weighted by Crippen LogP contribution is -2.05. The van der Waals surface area contributed by atoms with Crippen LogP contribution in [0.2, 0.25) is 0 Å². The molecular weight excluding hydrogens is 294 g/mol. The smallest absolute Gasteiger partial charge is 0.207 e. The van der Waals surface area contributed by atoms with Crippen LogP contribution in [0.15, 0.2) is 35.1 Å². The van der Waals surface area contributed by atoms with E-state index >= 15 is 0 Å².